The first-order valence-corrected chi connectivity index (χ1v) is 8.16. The normalized spacial score (nSPS) is 26.5. The summed E-state index contributed by atoms with van der Waals surface area (Å²) in [7, 11) is 0. The minimum absolute atomic E-state index is 0.389. The molecule has 0 amide bonds. The summed E-state index contributed by atoms with van der Waals surface area (Å²) < 4.78 is 11.9. The number of rotatable bonds is 4. The summed E-state index contributed by atoms with van der Waals surface area (Å²) in [4.78, 5) is 0. The average molecular weight is 319 g/mol. The third-order valence-corrected chi connectivity index (χ3v) is 4.93. The fourth-order valence-corrected chi connectivity index (χ4v) is 3.79. The number of hydrogen-bond acceptors (Lipinski definition) is 3. The molecule has 2 bridgehead atoms. The molecule has 5 heteroatoms. The maximum Gasteiger partial charge on any atom is 0.121 e. The number of aromatic nitrogens is 2. The van der Waals surface area contributed by atoms with Crippen LogP contribution >= 0.6 is 11.6 Å². The summed E-state index contributed by atoms with van der Waals surface area (Å²) in [6, 6.07) is 5.83. The van der Waals surface area contributed by atoms with Crippen molar-refractivity contribution in [3.8, 4) is 16.9 Å². The maximum atomic E-state index is 6.24. The lowest BCUT2D eigenvalue weighted by Crippen LogP contribution is -2.23. The molecule has 4 rings (SSSR count). The van der Waals surface area contributed by atoms with Crippen molar-refractivity contribution < 1.29 is 9.47 Å². The second-order valence-corrected chi connectivity index (χ2v) is 6.70. The molecule has 0 saturated carbocycles. The van der Waals surface area contributed by atoms with Gasteiger partial charge in [-0.15, -0.1) is 0 Å². The van der Waals surface area contributed by atoms with Gasteiger partial charge in [0.1, 0.15) is 5.75 Å². The first kappa shape index (κ1) is 14.1. The van der Waals surface area contributed by atoms with Crippen LogP contribution < -0.4 is 4.74 Å². The number of ether oxygens (including phenoxy) is 2. The SMILES string of the molecule is Cc1[nH]ncc1-c1cc(Cl)cc(OC[C@H]2C[C@@H]3CC[C@H]2O3)c1. The van der Waals surface area contributed by atoms with Crippen LogP contribution in [-0.2, 0) is 4.74 Å². The Hall–Kier alpha value is -1.52. The fraction of sp³-hybridized carbons (Fsp3) is 0.471. The highest BCUT2D eigenvalue weighted by Gasteiger charge is 2.40. The third kappa shape index (κ3) is 2.61. The highest BCUT2D eigenvalue weighted by atomic mass is 35.5. The van der Waals surface area contributed by atoms with E-state index in [0.29, 0.717) is 29.8 Å². The van der Waals surface area contributed by atoms with Crippen LogP contribution in [0.4, 0.5) is 0 Å². The Morgan fingerprint density at radius 1 is 1.36 bits per heavy atom. The number of nitrogens with one attached hydrogen (secondary N) is 1. The van der Waals surface area contributed by atoms with Gasteiger partial charge in [-0.05, 0) is 49.9 Å². The van der Waals surface area contributed by atoms with Crippen LogP contribution in [0.2, 0.25) is 5.02 Å². The molecule has 3 heterocycles. The van der Waals surface area contributed by atoms with Gasteiger partial charge in [0.2, 0.25) is 0 Å². The molecule has 2 aliphatic rings. The van der Waals surface area contributed by atoms with Crippen LogP contribution in [0, 0.1) is 12.8 Å². The third-order valence-electron chi connectivity index (χ3n) is 4.71. The van der Waals surface area contributed by atoms with E-state index in [1.807, 2.05) is 31.3 Å². The monoisotopic (exact) mass is 318 g/mol. The minimum Gasteiger partial charge on any atom is -0.493 e. The van der Waals surface area contributed by atoms with Gasteiger partial charge in [0.15, 0.2) is 0 Å². The van der Waals surface area contributed by atoms with Crippen molar-refractivity contribution in [3.63, 3.8) is 0 Å². The smallest absolute Gasteiger partial charge is 0.121 e. The standard InChI is InChI=1S/C17H19ClN2O2/c1-10-16(8-19-20-10)11-4-13(18)7-15(5-11)21-9-12-6-14-2-3-17(12)22-14/h4-5,7-8,12,14,17H,2-3,6,9H2,1H3,(H,19,20)/t12-,14+,17-/m1/s1. The molecule has 1 aromatic heterocycles. The Balaban J connectivity index is 1.50. The predicted octanol–water partition coefficient (Wildman–Crippen LogP) is 3.98. The first-order chi connectivity index (χ1) is 10.7. The second kappa shape index (κ2) is 5.60. The molecule has 2 saturated heterocycles. The molecule has 2 aromatic rings. The van der Waals surface area contributed by atoms with E-state index in [9.17, 15) is 0 Å². The molecule has 2 fully saturated rings. The zero-order chi connectivity index (χ0) is 15.1. The van der Waals surface area contributed by atoms with Crippen LogP contribution in [0.1, 0.15) is 25.0 Å². The van der Waals surface area contributed by atoms with E-state index in [-0.39, 0.29) is 0 Å². The molecule has 0 unspecified atom stereocenters. The van der Waals surface area contributed by atoms with Crippen molar-refractivity contribution in [2.24, 2.45) is 5.92 Å². The van der Waals surface area contributed by atoms with Crippen LogP contribution in [0.15, 0.2) is 24.4 Å². The summed E-state index contributed by atoms with van der Waals surface area (Å²) in [5.41, 5.74) is 3.10. The Bertz CT molecular complexity index is 685. The summed E-state index contributed by atoms with van der Waals surface area (Å²) in [5.74, 6) is 1.32. The van der Waals surface area contributed by atoms with Crippen molar-refractivity contribution >= 4 is 11.6 Å². The Morgan fingerprint density at radius 2 is 2.27 bits per heavy atom. The lowest BCUT2D eigenvalue weighted by Gasteiger charge is -2.19. The van der Waals surface area contributed by atoms with E-state index in [1.165, 1.54) is 12.8 Å². The zero-order valence-electron chi connectivity index (χ0n) is 12.5. The molecule has 0 spiro atoms. The van der Waals surface area contributed by atoms with Gasteiger partial charge in [-0.25, -0.2) is 0 Å². The van der Waals surface area contributed by atoms with Gasteiger partial charge in [0.25, 0.3) is 0 Å². The van der Waals surface area contributed by atoms with Crippen molar-refractivity contribution in [2.75, 3.05) is 6.61 Å². The van der Waals surface area contributed by atoms with Crippen LogP contribution in [0.5, 0.6) is 5.75 Å². The van der Waals surface area contributed by atoms with E-state index < -0.39 is 0 Å². The van der Waals surface area contributed by atoms with Crippen molar-refractivity contribution in [1.82, 2.24) is 10.2 Å². The predicted molar refractivity (Wildman–Crippen MR) is 85.3 cm³/mol. The van der Waals surface area contributed by atoms with Crippen LogP contribution in [-0.4, -0.2) is 29.0 Å². The summed E-state index contributed by atoms with van der Waals surface area (Å²) in [6.07, 6.45) is 6.17. The molecular formula is C17H19ClN2O2. The molecule has 1 aromatic carbocycles. The number of fused-ring (bicyclic) bond motifs is 2. The van der Waals surface area contributed by atoms with Crippen LogP contribution in [0.25, 0.3) is 11.1 Å². The Morgan fingerprint density at radius 3 is 2.95 bits per heavy atom. The van der Waals surface area contributed by atoms with E-state index in [0.717, 1.165) is 29.0 Å². The Kier molecular flexibility index (Phi) is 3.59. The summed E-state index contributed by atoms with van der Waals surface area (Å²) >= 11 is 6.24. The molecule has 4 nitrogen and oxygen atoms in total. The largest absolute Gasteiger partial charge is 0.493 e. The lowest BCUT2D eigenvalue weighted by molar-refractivity contribution is 0.0825. The van der Waals surface area contributed by atoms with Crippen molar-refractivity contribution in [1.29, 1.82) is 0 Å². The molecule has 3 atom stereocenters. The van der Waals surface area contributed by atoms with Gasteiger partial charge in [0.05, 0.1) is 25.0 Å². The van der Waals surface area contributed by atoms with Gasteiger partial charge < -0.3 is 9.47 Å². The molecule has 0 aliphatic carbocycles. The van der Waals surface area contributed by atoms with Crippen LogP contribution in [0.3, 0.4) is 0 Å². The van der Waals surface area contributed by atoms with E-state index in [1.54, 1.807) is 0 Å². The van der Waals surface area contributed by atoms with Gasteiger partial charge in [0, 0.05) is 22.2 Å². The number of nitrogens with zero attached hydrogens (tertiary/aromatic N) is 1. The number of H-pyrrole nitrogens is 1. The van der Waals surface area contributed by atoms with Gasteiger partial charge >= 0.3 is 0 Å². The quantitative estimate of drug-likeness (QED) is 0.927. The second-order valence-electron chi connectivity index (χ2n) is 6.26. The first-order valence-electron chi connectivity index (χ1n) is 7.78. The molecule has 2 aliphatic heterocycles. The average Bonchev–Trinajstić information content (AvgIpc) is 3.20. The highest BCUT2D eigenvalue weighted by molar-refractivity contribution is 6.31. The summed E-state index contributed by atoms with van der Waals surface area (Å²) in [6.45, 7) is 2.70. The van der Waals surface area contributed by atoms with Gasteiger partial charge in [-0.2, -0.15) is 5.10 Å². The number of hydrogen-bond donors (Lipinski definition) is 1. The molecule has 1 N–H and O–H groups in total. The summed E-state index contributed by atoms with van der Waals surface area (Å²) in [5, 5.41) is 7.70. The van der Waals surface area contributed by atoms with Gasteiger partial charge in [-0.1, -0.05) is 11.6 Å². The molecule has 22 heavy (non-hydrogen) atoms. The zero-order valence-corrected chi connectivity index (χ0v) is 13.3. The fourth-order valence-electron chi connectivity index (χ4n) is 3.57. The maximum absolute atomic E-state index is 6.24. The number of halogens is 1. The minimum atomic E-state index is 0.389. The van der Waals surface area contributed by atoms with Crippen molar-refractivity contribution in [2.45, 2.75) is 38.4 Å². The van der Waals surface area contributed by atoms with E-state index in [4.69, 9.17) is 21.1 Å². The topological polar surface area (TPSA) is 47.1 Å². The number of aromatic amines is 1. The van der Waals surface area contributed by atoms with Crippen molar-refractivity contribution in [3.05, 3.63) is 35.1 Å². The number of aryl methyl sites for hydroxylation is 1. The van der Waals surface area contributed by atoms with E-state index >= 15 is 0 Å². The molecular weight excluding hydrogens is 300 g/mol. The lowest BCUT2D eigenvalue weighted by atomic mass is 9.90. The Labute approximate surface area is 134 Å². The van der Waals surface area contributed by atoms with Gasteiger partial charge in [-0.3, -0.25) is 5.10 Å². The van der Waals surface area contributed by atoms with E-state index in [2.05, 4.69) is 10.2 Å². The number of benzene rings is 1. The highest BCUT2D eigenvalue weighted by Crippen LogP contribution is 2.39. The molecule has 116 valence electrons. The molecule has 0 radical (unpaired) electrons.